The molecule has 0 spiro atoms. The maximum absolute atomic E-state index is 11.8. The summed E-state index contributed by atoms with van der Waals surface area (Å²) in [4.78, 5) is 22.8. The predicted molar refractivity (Wildman–Crippen MR) is 81.9 cm³/mol. The van der Waals surface area contributed by atoms with Gasteiger partial charge in [0.05, 0.1) is 19.8 Å². The van der Waals surface area contributed by atoms with Crippen molar-refractivity contribution in [2.24, 2.45) is 0 Å². The molecular weight excluding hydrogens is 286 g/mol. The molecule has 1 atom stereocenters. The maximum atomic E-state index is 11.8. The lowest BCUT2D eigenvalue weighted by atomic mass is 10.2. The van der Waals surface area contributed by atoms with E-state index in [0.29, 0.717) is 44.3 Å². The zero-order valence-corrected chi connectivity index (χ0v) is 12.6. The molecule has 1 saturated heterocycles. The van der Waals surface area contributed by atoms with Crippen LogP contribution >= 0.6 is 0 Å². The van der Waals surface area contributed by atoms with Gasteiger partial charge in [-0.2, -0.15) is 0 Å². The maximum Gasteiger partial charge on any atom is 0.239 e. The molecule has 1 aliphatic heterocycles. The zero-order chi connectivity index (χ0) is 15.8. The Balaban J connectivity index is 1.69. The molecule has 0 aromatic heterocycles. The number of carbonyl (C=O) groups excluding carboxylic acids is 2. The van der Waals surface area contributed by atoms with Gasteiger partial charge in [0.25, 0.3) is 0 Å². The number of morpholine rings is 1. The predicted octanol–water partition coefficient (Wildman–Crippen LogP) is 0.128. The van der Waals surface area contributed by atoms with Crippen LogP contribution < -0.4 is 20.7 Å². The summed E-state index contributed by atoms with van der Waals surface area (Å²) in [5.41, 5.74) is 0.678. The molecular formula is C15H21N3O4. The van der Waals surface area contributed by atoms with E-state index in [2.05, 4.69) is 16.0 Å². The lowest BCUT2D eigenvalue weighted by molar-refractivity contribution is -0.126. The second-order valence-corrected chi connectivity index (χ2v) is 4.93. The molecule has 7 nitrogen and oxygen atoms in total. The summed E-state index contributed by atoms with van der Waals surface area (Å²) in [6.07, 6.45) is 0. The molecule has 1 aromatic rings. The van der Waals surface area contributed by atoms with E-state index in [1.54, 1.807) is 24.3 Å². The Morgan fingerprint density at radius 2 is 2.32 bits per heavy atom. The zero-order valence-electron chi connectivity index (χ0n) is 12.6. The van der Waals surface area contributed by atoms with Gasteiger partial charge in [-0.1, -0.05) is 6.07 Å². The molecule has 7 heteroatoms. The fourth-order valence-corrected chi connectivity index (χ4v) is 2.07. The van der Waals surface area contributed by atoms with Gasteiger partial charge in [0.2, 0.25) is 11.8 Å². The molecule has 1 heterocycles. The molecule has 2 amide bonds. The van der Waals surface area contributed by atoms with Gasteiger partial charge in [0.15, 0.2) is 0 Å². The van der Waals surface area contributed by atoms with Crippen molar-refractivity contribution in [3.63, 3.8) is 0 Å². The number of nitrogens with one attached hydrogen (secondary N) is 3. The average Bonchev–Trinajstić information content (AvgIpc) is 2.52. The number of anilines is 1. The first kappa shape index (κ1) is 16.3. The summed E-state index contributed by atoms with van der Waals surface area (Å²) in [5, 5.41) is 8.56. The number of hydrogen-bond donors (Lipinski definition) is 3. The Bertz CT molecular complexity index is 515. The lowest BCUT2D eigenvalue weighted by Crippen LogP contribution is -2.51. The number of ether oxygens (including phenoxy) is 2. The SMILES string of the molecule is CC(=O)Nc1cccc(OCCNC(=O)C2COCCN2)c1. The van der Waals surface area contributed by atoms with E-state index in [1.807, 2.05) is 0 Å². The summed E-state index contributed by atoms with van der Waals surface area (Å²) in [5.74, 6) is 0.418. The minimum atomic E-state index is -0.295. The van der Waals surface area contributed by atoms with Crippen LogP contribution in [0.2, 0.25) is 0 Å². The first-order chi connectivity index (χ1) is 10.6. The average molecular weight is 307 g/mol. The quantitative estimate of drug-likeness (QED) is 0.650. The molecule has 0 saturated carbocycles. The van der Waals surface area contributed by atoms with E-state index in [1.165, 1.54) is 6.92 Å². The Morgan fingerprint density at radius 3 is 3.05 bits per heavy atom. The first-order valence-corrected chi connectivity index (χ1v) is 7.24. The van der Waals surface area contributed by atoms with Gasteiger partial charge >= 0.3 is 0 Å². The van der Waals surface area contributed by atoms with E-state index in [9.17, 15) is 9.59 Å². The molecule has 120 valence electrons. The fraction of sp³-hybridized carbons (Fsp3) is 0.467. The molecule has 0 aliphatic carbocycles. The van der Waals surface area contributed by atoms with Crippen LogP contribution in [0.3, 0.4) is 0 Å². The normalized spacial score (nSPS) is 17.6. The molecule has 3 N–H and O–H groups in total. The lowest BCUT2D eigenvalue weighted by Gasteiger charge is -2.22. The molecule has 1 unspecified atom stereocenters. The summed E-state index contributed by atoms with van der Waals surface area (Å²) in [7, 11) is 0. The summed E-state index contributed by atoms with van der Waals surface area (Å²) in [6.45, 7) is 3.92. The third kappa shape index (κ3) is 5.34. The van der Waals surface area contributed by atoms with E-state index in [4.69, 9.17) is 9.47 Å². The van der Waals surface area contributed by atoms with Crippen LogP contribution in [0.5, 0.6) is 5.75 Å². The van der Waals surface area contributed by atoms with Crippen molar-refractivity contribution in [2.45, 2.75) is 13.0 Å². The minimum absolute atomic E-state index is 0.0877. The van der Waals surface area contributed by atoms with E-state index in [-0.39, 0.29) is 17.9 Å². The highest BCUT2D eigenvalue weighted by atomic mass is 16.5. The highest BCUT2D eigenvalue weighted by molar-refractivity contribution is 5.88. The smallest absolute Gasteiger partial charge is 0.239 e. The molecule has 1 aromatic carbocycles. The van der Waals surface area contributed by atoms with Crippen molar-refractivity contribution in [1.82, 2.24) is 10.6 Å². The number of benzene rings is 1. The number of rotatable bonds is 6. The van der Waals surface area contributed by atoms with Gasteiger partial charge in [-0.15, -0.1) is 0 Å². The molecule has 22 heavy (non-hydrogen) atoms. The van der Waals surface area contributed by atoms with Gasteiger partial charge in [-0.05, 0) is 12.1 Å². The van der Waals surface area contributed by atoms with Gasteiger partial charge in [-0.25, -0.2) is 0 Å². The number of carbonyl (C=O) groups is 2. The van der Waals surface area contributed by atoms with E-state index in [0.717, 1.165) is 0 Å². The van der Waals surface area contributed by atoms with Crippen molar-refractivity contribution in [1.29, 1.82) is 0 Å². The standard InChI is InChI=1S/C15H21N3O4/c1-11(19)18-12-3-2-4-13(9-12)22-8-6-17-15(20)14-10-21-7-5-16-14/h2-4,9,14,16H,5-8,10H2,1H3,(H,17,20)(H,18,19). The van der Waals surface area contributed by atoms with E-state index >= 15 is 0 Å². The monoisotopic (exact) mass is 307 g/mol. The van der Waals surface area contributed by atoms with E-state index < -0.39 is 0 Å². The number of hydrogen-bond acceptors (Lipinski definition) is 5. The Hall–Kier alpha value is -2.12. The summed E-state index contributed by atoms with van der Waals surface area (Å²) in [6, 6.07) is 6.81. The van der Waals surface area contributed by atoms with Crippen LogP contribution in [-0.2, 0) is 14.3 Å². The summed E-state index contributed by atoms with van der Waals surface area (Å²) < 4.78 is 10.8. The van der Waals surface area contributed by atoms with Gasteiger partial charge in [0, 0.05) is 25.2 Å². The van der Waals surface area contributed by atoms with Gasteiger partial charge in [-0.3, -0.25) is 9.59 Å². The van der Waals surface area contributed by atoms with Crippen LogP contribution in [0, 0.1) is 0 Å². The Kier molecular flexibility index (Phi) is 6.17. The number of amides is 2. The highest BCUT2D eigenvalue weighted by Crippen LogP contribution is 2.16. The molecule has 2 rings (SSSR count). The highest BCUT2D eigenvalue weighted by Gasteiger charge is 2.20. The topological polar surface area (TPSA) is 88.7 Å². The van der Waals surface area contributed by atoms with Crippen molar-refractivity contribution in [3.05, 3.63) is 24.3 Å². The van der Waals surface area contributed by atoms with Gasteiger partial charge in [0.1, 0.15) is 18.4 Å². The third-order valence-electron chi connectivity index (χ3n) is 3.06. The van der Waals surface area contributed by atoms with Crippen LogP contribution in [0.25, 0.3) is 0 Å². The minimum Gasteiger partial charge on any atom is -0.492 e. The Labute approximate surface area is 129 Å². The molecule has 1 fully saturated rings. The molecule has 1 aliphatic rings. The third-order valence-corrected chi connectivity index (χ3v) is 3.06. The van der Waals surface area contributed by atoms with Crippen molar-refractivity contribution in [3.8, 4) is 5.75 Å². The van der Waals surface area contributed by atoms with Crippen molar-refractivity contribution in [2.75, 3.05) is 38.2 Å². The largest absolute Gasteiger partial charge is 0.492 e. The van der Waals surface area contributed by atoms with Crippen LogP contribution in [0.1, 0.15) is 6.92 Å². The van der Waals surface area contributed by atoms with Crippen LogP contribution in [0.4, 0.5) is 5.69 Å². The van der Waals surface area contributed by atoms with Crippen molar-refractivity contribution >= 4 is 17.5 Å². The fourth-order valence-electron chi connectivity index (χ4n) is 2.07. The molecule has 0 bridgehead atoms. The van der Waals surface area contributed by atoms with Crippen LogP contribution in [0.15, 0.2) is 24.3 Å². The summed E-state index contributed by atoms with van der Waals surface area (Å²) >= 11 is 0. The van der Waals surface area contributed by atoms with Crippen molar-refractivity contribution < 1.29 is 19.1 Å². The van der Waals surface area contributed by atoms with Gasteiger partial charge < -0.3 is 25.4 Å². The second kappa shape index (κ2) is 8.35. The first-order valence-electron chi connectivity index (χ1n) is 7.24. The van der Waals surface area contributed by atoms with Crippen LogP contribution in [-0.4, -0.2) is 50.8 Å². The second-order valence-electron chi connectivity index (χ2n) is 4.93. The Morgan fingerprint density at radius 1 is 1.45 bits per heavy atom. The molecule has 0 radical (unpaired) electrons.